The standard InChI is InChI=1S/C7H15NO.CH3.W/c1-2-3-8-4-6-9-7-5-8;;/h2-7H2,1H3;1H3;/q;-1;. The van der Waals surface area contributed by atoms with Gasteiger partial charge in [-0.3, -0.25) is 4.90 Å². The van der Waals surface area contributed by atoms with Crippen LogP contribution in [-0.2, 0) is 25.8 Å². The van der Waals surface area contributed by atoms with E-state index >= 15 is 0 Å². The molecule has 11 heavy (non-hydrogen) atoms. The first kappa shape index (κ1) is 14.2. The molecule has 0 radical (unpaired) electrons. The molecule has 0 N–H and O–H groups in total. The fraction of sp³-hybridized carbons (Fsp3) is 0.875. The fourth-order valence-corrected chi connectivity index (χ4v) is 1.14. The maximum absolute atomic E-state index is 5.20. The predicted molar refractivity (Wildman–Crippen MR) is 44.0 cm³/mol. The Labute approximate surface area is 84.6 Å². The second kappa shape index (κ2) is 8.70. The largest absolute Gasteiger partial charge is 0.379 e. The van der Waals surface area contributed by atoms with Gasteiger partial charge in [-0.2, -0.15) is 0 Å². The van der Waals surface area contributed by atoms with E-state index in [2.05, 4.69) is 11.8 Å². The third kappa shape index (κ3) is 5.83. The second-order valence-corrected chi connectivity index (χ2v) is 2.45. The Hall–Kier alpha value is 0.608. The first-order valence-electron chi connectivity index (χ1n) is 3.73. The minimum Gasteiger partial charge on any atom is -0.379 e. The Bertz CT molecular complexity index is 71.7. The van der Waals surface area contributed by atoms with Crippen LogP contribution in [0.4, 0.5) is 0 Å². The monoisotopic (exact) mass is 328 g/mol. The summed E-state index contributed by atoms with van der Waals surface area (Å²) in [5.41, 5.74) is 0. The Morgan fingerprint density at radius 1 is 1.27 bits per heavy atom. The van der Waals surface area contributed by atoms with Gasteiger partial charge in [0.05, 0.1) is 13.2 Å². The van der Waals surface area contributed by atoms with Crippen molar-refractivity contribution in [3.05, 3.63) is 7.43 Å². The normalized spacial score (nSPS) is 18.3. The van der Waals surface area contributed by atoms with Crippen molar-refractivity contribution >= 4 is 0 Å². The summed E-state index contributed by atoms with van der Waals surface area (Å²) in [7, 11) is 0. The molecule has 1 fully saturated rings. The van der Waals surface area contributed by atoms with Crippen LogP contribution in [0.2, 0.25) is 0 Å². The molecule has 0 aromatic rings. The van der Waals surface area contributed by atoms with Crippen LogP contribution in [0.1, 0.15) is 13.3 Å². The summed E-state index contributed by atoms with van der Waals surface area (Å²) >= 11 is 0. The van der Waals surface area contributed by atoms with Crippen LogP contribution in [0.25, 0.3) is 0 Å². The van der Waals surface area contributed by atoms with Crippen molar-refractivity contribution in [1.82, 2.24) is 4.90 Å². The van der Waals surface area contributed by atoms with E-state index in [9.17, 15) is 0 Å². The molecule has 3 heteroatoms. The van der Waals surface area contributed by atoms with Gasteiger partial charge in [-0.15, -0.1) is 0 Å². The molecule has 1 heterocycles. The molecular weight excluding hydrogens is 310 g/mol. The zero-order valence-electron chi connectivity index (χ0n) is 7.51. The van der Waals surface area contributed by atoms with E-state index in [0.717, 1.165) is 26.3 Å². The summed E-state index contributed by atoms with van der Waals surface area (Å²) in [5, 5.41) is 0. The van der Waals surface area contributed by atoms with Crippen molar-refractivity contribution < 1.29 is 25.8 Å². The third-order valence-electron chi connectivity index (χ3n) is 1.64. The van der Waals surface area contributed by atoms with E-state index in [0.29, 0.717) is 0 Å². The van der Waals surface area contributed by atoms with Gasteiger partial charge in [-0.25, -0.2) is 0 Å². The van der Waals surface area contributed by atoms with E-state index in [4.69, 9.17) is 4.74 Å². The molecule has 2 nitrogen and oxygen atoms in total. The minimum atomic E-state index is 0. The van der Waals surface area contributed by atoms with Crippen LogP contribution in [0.15, 0.2) is 0 Å². The van der Waals surface area contributed by atoms with Crippen molar-refractivity contribution in [2.75, 3.05) is 32.8 Å². The van der Waals surface area contributed by atoms with Crippen LogP contribution < -0.4 is 0 Å². The average Bonchev–Trinajstić information content (AvgIpc) is 1.91. The van der Waals surface area contributed by atoms with Crippen molar-refractivity contribution in [2.45, 2.75) is 13.3 Å². The summed E-state index contributed by atoms with van der Waals surface area (Å²) < 4.78 is 5.20. The fourth-order valence-electron chi connectivity index (χ4n) is 1.14. The maximum Gasteiger partial charge on any atom is 0.0594 e. The minimum absolute atomic E-state index is 0. The predicted octanol–water partition coefficient (Wildman–Crippen LogP) is 1.18. The van der Waals surface area contributed by atoms with Gasteiger partial charge in [0.2, 0.25) is 0 Å². The van der Waals surface area contributed by atoms with Crippen LogP contribution in [0, 0.1) is 7.43 Å². The van der Waals surface area contributed by atoms with Gasteiger partial charge in [-0.05, 0) is 13.0 Å². The molecule has 0 aromatic heterocycles. The van der Waals surface area contributed by atoms with Crippen molar-refractivity contribution in [3.63, 3.8) is 0 Å². The molecule has 0 spiro atoms. The molecule has 0 unspecified atom stereocenters. The van der Waals surface area contributed by atoms with Crippen molar-refractivity contribution in [2.24, 2.45) is 0 Å². The van der Waals surface area contributed by atoms with E-state index in [1.807, 2.05) is 0 Å². The summed E-state index contributed by atoms with van der Waals surface area (Å²) in [4.78, 5) is 2.45. The quantitative estimate of drug-likeness (QED) is 0.706. The molecule has 0 amide bonds. The van der Waals surface area contributed by atoms with Gasteiger partial charge in [0.15, 0.2) is 0 Å². The first-order valence-corrected chi connectivity index (χ1v) is 3.73. The van der Waals surface area contributed by atoms with Gasteiger partial charge in [0, 0.05) is 34.2 Å². The average molecular weight is 328 g/mol. The van der Waals surface area contributed by atoms with Gasteiger partial charge < -0.3 is 12.2 Å². The number of nitrogens with zero attached hydrogens (tertiary/aromatic N) is 1. The van der Waals surface area contributed by atoms with Gasteiger partial charge in [-0.1, -0.05) is 6.92 Å². The first-order chi connectivity index (χ1) is 4.43. The number of rotatable bonds is 2. The van der Waals surface area contributed by atoms with E-state index in [-0.39, 0.29) is 28.5 Å². The Balaban J connectivity index is 0. The molecule has 0 bridgehead atoms. The van der Waals surface area contributed by atoms with Gasteiger partial charge in [0.25, 0.3) is 0 Å². The number of ether oxygens (including phenoxy) is 1. The number of morpholine rings is 1. The molecule has 1 aliphatic heterocycles. The van der Waals surface area contributed by atoms with E-state index in [1.165, 1.54) is 13.0 Å². The van der Waals surface area contributed by atoms with Gasteiger partial charge >= 0.3 is 0 Å². The second-order valence-electron chi connectivity index (χ2n) is 2.45. The molecule has 0 aliphatic carbocycles. The summed E-state index contributed by atoms with van der Waals surface area (Å²) in [6.07, 6.45) is 1.26. The van der Waals surface area contributed by atoms with Crippen LogP contribution in [0.5, 0.6) is 0 Å². The van der Waals surface area contributed by atoms with Crippen LogP contribution >= 0.6 is 0 Å². The van der Waals surface area contributed by atoms with Gasteiger partial charge in [0.1, 0.15) is 0 Å². The molecular formula is C8H18NOW-. The molecule has 1 aliphatic rings. The molecule has 0 atom stereocenters. The Kier molecular flexibility index (Phi) is 11.2. The molecule has 0 aromatic carbocycles. The zero-order chi connectivity index (χ0) is 6.53. The number of hydrogen-bond donors (Lipinski definition) is 0. The van der Waals surface area contributed by atoms with Crippen LogP contribution in [-0.4, -0.2) is 37.7 Å². The summed E-state index contributed by atoms with van der Waals surface area (Å²) in [5.74, 6) is 0. The molecule has 68 valence electrons. The molecule has 0 saturated carbocycles. The zero-order valence-corrected chi connectivity index (χ0v) is 10.4. The Morgan fingerprint density at radius 2 is 1.82 bits per heavy atom. The number of hydrogen-bond acceptors (Lipinski definition) is 2. The SMILES string of the molecule is CCCN1CCOCC1.[CH3-].[W]. The van der Waals surface area contributed by atoms with E-state index < -0.39 is 0 Å². The maximum atomic E-state index is 5.20. The topological polar surface area (TPSA) is 12.5 Å². The van der Waals surface area contributed by atoms with Crippen LogP contribution in [0.3, 0.4) is 0 Å². The Morgan fingerprint density at radius 3 is 2.27 bits per heavy atom. The third-order valence-corrected chi connectivity index (χ3v) is 1.64. The smallest absolute Gasteiger partial charge is 0.0594 e. The molecule has 1 rings (SSSR count). The van der Waals surface area contributed by atoms with Crippen molar-refractivity contribution in [1.29, 1.82) is 0 Å². The summed E-state index contributed by atoms with van der Waals surface area (Å²) in [6.45, 7) is 7.58. The van der Waals surface area contributed by atoms with E-state index in [1.54, 1.807) is 0 Å². The molecule has 1 saturated heterocycles. The van der Waals surface area contributed by atoms with Crippen molar-refractivity contribution in [3.8, 4) is 0 Å². The summed E-state index contributed by atoms with van der Waals surface area (Å²) in [6, 6.07) is 0.